The Labute approximate surface area is 158 Å². The second-order valence-electron chi connectivity index (χ2n) is 6.71. The first-order valence-corrected chi connectivity index (χ1v) is 8.71. The first-order chi connectivity index (χ1) is 13.4. The van der Waals surface area contributed by atoms with E-state index in [-0.39, 0.29) is 16.7 Å². The lowest BCUT2D eigenvalue weighted by Gasteiger charge is -2.26. The summed E-state index contributed by atoms with van der Waals surface area (Å²) in [4.78, 5) is 28.9. The minimum absolute atomic E-state index is 0.224. The van der Waals surface area contributed by atoms with E-state index in [9.17, 15) is 18.4 Å². The van der Waals surface area contributed by atoms with Crippen LogP contribution < -0.4 is 5.56 Å². The van der Waals surface area contributed by atoms with Crippen molar-refractivity contribution >= 4 is 22.2 Å². The molecule has 0 aliphatic rings. The fraction of sp³-hybridized carbons (Fsp3) is 0.143. The van der Waals surface area contributed by atoms with Gasteiger partial charge in [0.25, 0.3) is 11.5 Å². The molecule has 0 aliphatic carbocycles. The Hall–Kier alpha value is -3.48. The van der Waals surface area contributed by atoms with E-state index in [0.717, 1.165) is 11.6 Å². The molecular formula is C21H17F2N3O2. The van der Waals surface area contributed by atoms with Crippen LogP contribution in [0.4, 0.5) is 8.78 Å². The van der Waals surface area contributed by atoms with Crippen LogP contribution in [-0.4, -0.2) is 27.2 Å². The summed E-state index contributed by atoms with van der Waals surface area (Å²) in [5.74, 6) is -2.51. The van der Waals surface area contributed by atoms with Crippen LogP contribution in [0.5, 0.6) is 0 Å². The summed E-state index contributed by atoms with van der Waals surface area (Å²) in [5.41, 5.74) is 1.20. The molecule has 4 rings (SSSR count). The van der Waals surface area contributed by atoms with Crippen molar-refractivity contribution in [2.24, 2.45) is 0 Å². The second-order valence-corrected chi connectivity index (χ2v) is 6.71. The molecule has 0 radical (unpaired) electrons. The van der Waals surface area contributed by atoms with Crippen LogP contribution in [0.2, 0.25) is 0 Å². The van der Waals surface area contributed by atoms with Gasteiger partial charge in [-0.1, -0.05) is 12.1 Å². The highest BCUT2D eigenvalue weighted by molar-refractivity contribution is 5.96. The van der Waals surface area contributed by atoms with E-state index in [1.807, 2.05) is 28.8 Å². The third-order valence-electron chi connectivity index (χ3n) is 5.09. The topological polar surface area (TPSA) is 57.6 Å². The summed E-state index contributed by atoms with van der Waals surface area (Å²) in [6.07, 6.45) is 5.02. The Morgan fingerprint density at radius 1 is 1.21 bits per heavy atom. The van der Waals surface area contributed by atoms with E-state index in [2.05, 4.69) is 4.98 Å². The van der Waals surface area contributed by atoms with Gasteiger partial charge in [0.15, 0.2) is 11.6 Å². The van der Waals surface area contributed by atoms with E-state index < -0.39 is 23.2 Å². The summed E-state index contributed by atoms with van der Waals surface area (Å²) >= 11 is 0. The maximum absolute atomic E-state index is 14.2. The number of benzene rings is 1. The molecule has 28 heavy (non-hydrogen) atoms. The molecule has 0 fully saturated rings. The SMILES string of the molecule is CC(c1c[nH]c(=O)c2c(F)c(F)ccc12)N(C)C(=O)c1cc2ccccn2c1. The summed E-state index contributed by atoms with van der Waals surface area (Å²) < 4.78 is 29.6. The second kappa shape index (κ2) is 6.60. The van der Waals surface area contributed by atoms with E-state index in [0.29, 0.717) is 11.1 Å². The largest absolute Gasteiger partial charge is 0.335 e. The molecule has 1 unspecified atom stereocenters. The number of H-pyrrole nitrogens is 1. The Balaban J connectivity index is 1.75. The van der Waals surface area contributed by atoms with E-state index in [1.54, 1.807) is 26.2 Å². The molecule has 3 aromatic heterocycles. The van der Waals surface area contributed by atoms with Gasteiger partial charge in [0, 0.05) is 31.2 Å². The zero-order valence-corrected chi connectivity index (χ0v) is 15.2. The molecule has 0 aliphatic heterocycles. The molecule has 7 heteroatoms. The van der Waals surface area contributed by atoms with Crippen LogP contribution in [0.1, 0.15) is 28.9 Å². The molecule has 3 heterocycles. The summed E-state index contributed by atoms with van der Waals surface area (Å²) in [6, 6.07) is 9.29. The van der Waals surface area contributed by atoms with Crippen LogP contribution in [0.25, 0.3) is 16.3 Å². The molecule has 1 N–H and O–H groups in total. The molecule has 0 bridgehead atoms. The smallest absolute Gasteiger partial charge is 0.258 e. The highest BCUT2D eigenvalue weighted by Gasteiger charge is 2.23. The molecule has 4 aromatic rings. The first-order valence-electron chi connectivity index (χ1n) is 8.71. The number of halogens is 2. The Kier molecular flexibility index (Phi) is 4.22. The number of hydrogen-bond donors (Lipinski definition) is 1. The third kappa shape index (κ3) is 2.76. The normalized spacial score (nSPS) is 12.4. The molecule has 0 spiro atoms. The van der Waals surface area contributed by atoms with Crippen molar-refractivity contribution in [3.63, 3.8) is 0 Å². The van der Waals surface area contributed by atoms with Crippen molar-refractivity contribution in [1.29, 1.82) is 0 Å². The molecule has 1 aromatic carbocycles. The lowest BCUT2D eigenvalue weighted by molar-refractivity contribution is 0.0743. The van der Waals surface area contributed by atoms with Crippen molar-refractivity contribution in [3.8, 4) is 0 Å². The number of carbonyl (C=O) groups excluding carboxylic acids is 1. The van der Waals surface area contributed by atoms with Gasteiger partial charge in [-0.05, 0) is 42.1 Å². The first kappa shape index (κ1) is 17.9. The third-order valence-corrected chi connectivity index (χ3v) is 5.09. The van der Waals surface area contributed by atoms with Crippen molar-refractivity contribution in [1.82, 2.24) is 14.3 Å². The Morgan fingerprint density at radius 2 is 2.00 bits per heavy atom. The number of nitrogens with one attached hydrogen (secondary N) is 1. The number of aromatic amines is 1. The molecule has 1 amide bonds. The number of amides is 1. The molecule has 1 atom stereocenters. The summed E-state index contributed by atoms with van der Waals surface area (Å²) in [6.45, 7) is 1.77. The minimum atomic E-state index is -1.19. The number of fused-ring (bicyclic) bond motifs is 2. The van der Waals surface area contributed by atoms with Crippen molar-refractivity contribution in [3.05, 3.63) is 88.1 Å². The van der Waals surface area contributed by atoms with Gasteiger partial charge in [0.1, 0.15) is 0 Å². The molecule has 0 saturated carbocycles. The predicted octanol–water partition coefficient (Wildman–Crippen LogP) is 3.89. The van der Waals surface area contributed by atoms with Crippen LogP contribution >= 0.6 is 0 Å². The molecule has 142 valence electrons. The average Bonchev–Trinajstić information content (AvgIpc) is 3.13. The van der Waals surface area contributed by atoms with Crippen LogP contribution in [0, 0.1) is 11.6 Å². The van der Waals surface area contributed by atoms with E-state index in [1.165, 1.54) is 17.2 Å². The van der Waals surface area contributed by atoms with Gasteiger partial charge in [-0.25, -0.2) is 8.78 Å². The number of aromatic nitrogens is 2. The van der Waals surface area contributed by atoms with Gasteiger partial charge in [-0.15, -0.1) is 0 Å². The van der Waals surface area contributed by atoms with Gasteiger partial charge < -0.3 is 14.3 Å². The van der Waals surface area contributed by atoms with Crippen LogP contribution in [0.15, 0.2) is 59.8 Å². The number of nitrogens with zero attached hydrogens (tertiary/aromatic N) is 2. The van der Waals surface area contributed by atoms with Gasteiger partial charge in [0.05, 0.1) is 17.0 Å². The fourth-order valence-electron chi connectivity index (χ4n) is 3.41. The van der Waals surface area contributed by atoms with Crippen molar-refractivity contribution in [2.75, 3.05) is 7.05 Å². The maximum Gasteiger partial charge on any atom is 0.258 e. The number of carbonyl (C=O) groups is 1. The lowest BCUT2D eigenvalue weighted by Crippen LogP contribution is -2.30. The quantitative estimate of drug-likeness (QED) is 0.585. The van der Waals surface area contributed by atoms with Crippen LogP contribution in [-0.2, 0) is 0 Å². The average molecular weight is 381 g/mol. The number of rotatable bonds is 3. The Bertz CT molecular complexity index is 1240. The highest BCUT2D eigenvalue weighted by atomic mass is 19.2. The number of pyridine rings is 2. The summed E-state index contributed by atoms with van der Waals surface area (Å²) in [7, 11) is 1.63. The monoisotopic (exact) mass is 381 g/mol. The number of hydrogen-bond acceptors (Lipinski definition) is 2. The lowest BCUT2D eigenvalue weighted by atomic mass is 10.0. The van der Waals surface area contributed by atoms with Gasteiger partial charge in [0.2, 0.25) is 0 Å². The molecular weight excluding hydrogens is 364 g/mol. The molecule has 0 saturated heterocycles. The predicted molar refractivity (Wildman–Crippen MR) is 102 cm³/mol. The van der Waals surface area contributed by atoms with Gasteiger partial charge in [-0.3, -0.25) is 9.59 Å². The van der Waals surface area contributed by atoms with Crippen molar-refractivity contribution < 1.29 is 13.6 Å². The highest BCUT2D eigenvalue weighted by Crippen LogP contribution is 2.28. The standard InChI is InChI=1S/C21H17F2N3O2/c1-12(16-10-24-20(27)18-15(16)6-7-17(22)19(18)23)25(2)21(28)13-9-14-5-3-4-8-26(14)11-13/h3-12H,1-2H3,(H,24,27). The zero-order valence-electron chi connectivity index (χ0n) is 15.2. The Morgan fingerprint density at radius 3 is 2.75 bits per heavy atom. The minimum Gasteiger partial charge on any atom is -0.335 e. The van der Waals surface area contributed by atoms with Gasteiger partial charge in [-0.2, -0.15) is 0 Å². The van der Waals surface area contributed by atoms with E-state index >= 15 is 0 Å². The van der Waals surface area contributed by atoms with Crippen LogP contribution in [0.3, 0.4) is 0 Å². The van der Waals surface area contributed by atoms with E-state index in [4.69, 9.17) is 0 Å². The fourth-order valence-corrected chi connectivity index (χ4v) is 3.41. The summed E-state index contributed by atoms with van der Waals surface area (Å²) in [5, 5.41) is -0.0725. The van der Waals surface area contributed by atoms with Crippen molar-refractivity contribution in [2.45, 2.75) is 13.0 Å². The maximum atomic E-state index is 14.2. The zero-order chi connectivity index (χ0) is 20.0. The molecule has 5 nitrogen and oxygen atoms in total. The van der Waals surface area contributed by atoms with Gasteiger partial charge >= 0.3 is 0 Å².